The Morgan fingerprint density at radius 2 is 2.07 bits per heavy atom. The van der Waals surface area contributed by atoms with Crippen molar-refractivity contribution in [2.75, 3.05) is 13.1 Å². The minimum atomic E-state index is -0.316. The minimum Gasteiger partial charge on any atom is -0.349 e. The van der Waals surface area contributed by atoms with Gasteiger partial charge in [-0.2, -0.15) is 0 Å². The topological polar surface area (TPSA) is 62.3 Å². The van der Waals surface area contributed by atoms with Gasteiger partial charge in [-0.25, -0.2) is 4.39 Å². The van der Waals surface area contributed by atoms with Gasteiger partial charge in [0.05, 0.1) is 18.4 Å². The third-order valence-electron chi connectivity index (χ3n) is 4.96. The van der Waals surface area contributed by atoms with Gasteiger partial charge in [-0.15, -0.1) is 0 Å². The van der Waals surface area contributed by atoms with E-state index in [1.807, 2.05) is 19.1 Å². The standard InChI is InChI=1S/C21H24FN3O2/c1-15(17-4-2-10-23-13-17)24-21(27)18-5-3-11-25(14-18)20(26)12-16-6-8-19(22)9-7-16/h2,4,6-10,13,15,18H,3,5,11-12,14H2,1H3,(H,24,27)/t15-,18+/m0/s1. The zero-order valence-corrected chi connectivity index (χ0v) is 15.4. The second-order valence-electron chi connectivity index (χ2n) is 7.00. The van der Waals surface area contributed by atoms with Gasteiger partial charge in [0.1, 0.15) is 5.82 Å². The lowest BCUT2D eigenvalue weighted by molar-refractivity contribution is -0.135. The predicted octanol–water partition coefficient (Wildman–Crippen LogP) is 2.88. The summed E-state index contributed by atoms with van der Waals surface area (Å²) in [5.74, 6) is -0.594. The summed E-state index contributed by atoms with van der Waals surface area (Å²) in [5, 5.41) is 3.02. The van der Waals surface area contributed by atoms with Gasteiger partial charge in [0.25, 0.3) is 0 Å². The Balaban J connectivity index is 1.55. The molecule has 0 saturated carbocycles. The van der Waals surface area contributed by atoms with Crippen molar-refractivity contribution in [1.29, 1.82) is 0 Å². The van der Waals surface area contributed by atoms with Crippen molar-refractivity contribution < 1.29 is 14.0 Å². The van der Waals surface area contributed by atoms with Crippen molar-refractivity contribution in [1.82, 2.24) is 15.2 Å². The van der Waals surface area contributed by atoms with Crippen LogP contribution in [0.2, 0.25) is 0 Å². The maximum Gasteiger partial charge on any atom is 0.227 e. The van der Waals surface area contributed by atoms with Gasteiger partial charge in [-0.1, -0.05) is 18.2 Å². The van der Waals surface area contributed by atoms with Crippen LogP contribution in [-0.2, 0) is 16.0 Å². The van der Waals surface area contributed by atoms with Crippen molar-refractivity contribution in [2.24, 2.45) is 5.92 Å². The van der Waals surface area contributed by atoms with E-state index in [4.69, 9.17) is 0 Å². The van der Waals surface area contributed by atoms with E-state index in [0.717, 1.165) is 24.0 Å². The molecule has 2 atom stereocenters. The summed E-state index contributed by atoms with van der Waals surface area (Å²) < 4.78 is 13.0. The van der Waals surface area contributed by atoms with E-state index >= 15 is 0 Å². The first-order valence-electron chi connectivity index (χ1n) is 9.25. The lowest BCUT2D eigenvalue weighted by atomic mass is 9.96. The van der Waals surface area contributed by atoms with Crippen molar-refractivity contribution in [2.45, 2.75) is 32.2 Å². The van der Waals surface area contributed by atoms with Gasteiger partial charge < -0.3 is 10.2 Å². The molecule has 0 bridgehead atoms. The van der Waals surface area contributed by atoms with Gasteiger partial charge in [0, 0.05) is 25.5 Å². The van der Waals surface area contributed by atoms with Gasteiger partial charge in [-0.05, 0) is 49.1 Å². The normalized spacial score (nSPS) is 18.0. The molecular weight excluding hydrogens is 345 g/mol. The molecule has 0 aliphatic carbocycles. The molecule has 2 amide bonds. The van der Waals surface area contributed by atoms with Crippen molar-refractivity contribution in [3.8, 4) is 0 Å². The molecule has 1 aliphatic heterocycles. The summed E-state index contributed by atoms with van der Waals surface area (Å²) in [4.78, 5) is 31.0. The average molecular weight is 369 g/mol. The van der Waals surface area contributed by atoms with Crippen molar-refractivity contribution in [3.05, 3.63) is 65.7 Å². The van der Waals surface area contributed by atoms with Crippen LogP contribution in [0.1, 0.15) is 36.9 Å². The summed E-state index contributed by atoms with van der Waals surface area (Å²) in [6.45, 7) is 3.00. The largest absolute Gasteiger partial charge is 0.349 e. The minimum absolute atomic E-state index is 0.0283. The monoisotopic (exact) mass is 369 g/mol. The zero-order valence-electron chi connectivity index (χ0n) is 15.4. The van der Waals surface area contributed by atoms with E-state index in [1.165, 1.54) is 12.1 Å². The molecule has 1 fully saturated rings. The second kappa shape index (κ2) is 8.75. The Bertz CT molecular complexity index is 780. The maximum absolute atomic E-state index is 13.0. The first-order chi connectivity index (χ1) is 13.0. The number of halogens is 1. The number of rotatable bonds is 5. The molecule has 27 heavy (non-hydrogen) atoms. The number of amides is 2. The summed E-state index contributed by atoms with van der Waals surface area (Å²) in [5.41, 5.74) is 1.73. The highest BCUT2D eigenvalue weighted by Crippen LogP contribution is 2.20. The Morgan fingerprint density at radius 3 is 2.78 bits per heavy atom. The number of nitrogens with one attached hydrogen (secondary N) is 1. The fourth-order valence-corrected chi connectivity index (χ4v) is 3.35. The Hall–Kier alpha value is -2.76. The maximum atomic E-state index is 13.0. The molecule has 1 aliphatic rings. The molecule has 1 saturated heterocycles. The predicted molar refractivity (Wildman–Crippen MR) is 100 cm³/mol. The molecule has 2 aromatic rings. The van der Waals surface area contributed by atoms with E-state index in [9.17, 15) is 14.0 Å². The number of nitrogens with zero attached hydrogens (tertiary/aromatic N) is 2. The molecule has 0 spiro atoms. The molecule has 142 valence electrons. The summed E-state index contributed by atoms with van der Waals surface area (Å²) in [6, 6.07) is 9.60. The highest BCUT2D eigenvalue weighted by molar-refractivity contribution is 5.82. The lowest BCUT2D eigenvalue weighted by Gasteiger charge is -2.32. The number of likely N-dealkylation sites (tertiary alicyclic amines) is 1. The third-order valence-corrected chi connectivity index (χ3v) is 4.96. The zero-order chi connectivity index (χ0) is 19.2. The number of benzene rings is 1. The Kier molecular flexibility index (Phi) is 6.16. The summed E-state index contributed by atoms with van der Waals surface area (Å²) in [7, 11) is 0. The van der Waals surface area contributed by atoms with E-state index < -0.39 is 0 Å². The van der Waals surface area contributed by atoms with Gasteiger partial charge >= 0.3 is 0 Å². The van der Waals surface area contributed by atoms with Crippen LogP contribution in [0, 0.1) is 11.7 Å². The molecule has 0 unspecified atom stereocenters. The lowest BCUT2D eigenvalue weighted by Crippen LogP contribution is -2.46. The average Bonchev–Trinajstić information content (AvgIpc) is 2.70. The van der Waals surface area contributed by atoms with Gasteiger partial charge in [0.15, 0.2) is 0 Å². The number of hydrogen-bond donors (Lipinski definition) is 1. The van der Waals surface area contributed by atoms with E-state index in [2.05, 4.69) is 10.3 Å². The van der Waals surface area contributed by atoms with Crippen molar-refractivity contribution >= 4 is 11.8 Å². The second-order valence-corrected chi connectivity index (χ2v) is 7.00. The first-order valence-corrected chi connectivity index (χ1v) is 9.25. The van der Waals surface area contributed by atoms with Crippen LogP contribution in [0.3, 0.4) is 0 Å². The van der Waals surface area contributed by atoms with E-state index in [0.29, 0.717) is 13.1 Å². The molecule has 3 rings (SSSR count). The van der Waals surface area contributed by atoms with Crippen molar-refractivity contribution in [3.63, 3.8) is 0 Å². The third kappa shape index (κ3) is 5.12. The van der Waals surface area contributed by atoms with Crippen LogP contribution >= 0.6 is 0 Å². The Labute approximate surface area is 158 Å². The molecule has 0 radical (unpaired) electrons. The molecule has 1 aromatic heterocycles. The molecule has 2 heterocycles. The quantitative estimate of drug-likeness (QED) is 0.882. The van der Waals surface area contributed by atoms with Crippen LogP contribution < -0.4 is 5.32 Å². The highest BCUT2D eigenvalue weighted by atomic mass is 19.1. The fourth-order valence-electron chi connectivity index (χ4n) is 3.35. The fraction of sp³-hybridized carbons (Fsp3) is 0.381. The van der Waals surface area contributed by atoms with Gasteiger partial charge in [-0.3, -0.25) is 14.6 Å². The molecular formula is C21H24FN3O2. The highest BCUT2D eigenvalue weighted by Gasteiger charge is 2.29. The molecule has 6 heteroatoms. The first kappa shape index (κ1) is 19.0. The van der Waals surface area contributed by atoms with Crippen LogP contribution in [0.4, 0.5) is 4.39 Å². The Morgan fingerprint density at radius 1 is 1.30 bits per heavy atom. The number of carbonyl (C=O) groups excluding carboxylic acids is 2. The van der Waals surface area contributed by atoms with Crippen LogP contribution in [0.5, 0.6) is 0 Å². The van der Waals surface area contributed by atoms with Crippen LogP contribution in [0.15, 0.2) is 48.8 Å². The van der Waals surface area contributed by atoms with Gasteiger partial charge in [0.2, 0.25) is 11.8 Å². The van der Waals surface area contributed by atoms with Crippen LogP contribution in [-0.4, -0.2) is 34.8 Å². The van der Waals surface area contributed by atoms with E-state index in [-0.39, 0.29) is 36.0 Å². The SMILES string of the molecule is C[C@H](NC(=O)[C@@H]1CCCN(C(=O)Cc2ccc(F)cc2)C1)c1cccnc1. The summed E-state index contributed by atoms with van der Waals surface area (Å²) >= 11 is 0. The smallest absolute Gasteiger partial charge is 0.227 e. The molecule has 1 aromatic carbocycles. The molecule has 1 N–H and O–H groups in total. The summed E-state index contributed by atoms with van der Waals surface area (Å²) in [6.07, 6.45) is 5.23. The number of piperidine rings is 1. The molecule has 5 nitrogen and oxygen atoms in total. The number of aromatic nitrogens is 1. The number of carbonyl (C=O) groups is 2. The number of hydrogen-bond acceptors (Lipinski definition) is 3. The number of pyridine rings is 1. The van der Waals surface area contributed by atoms with Crippen LogP contribution in [0.25, 0.3) is 0 Å². The van der Waals surface area contributed by atoms with E-state index in [1.54, 1.807) is 29.4 Å².